The van der Waals surface area contributed by atoms with Crippen molar-refractivity contribution in [2.45, 2.75) is 30.3 Å². The van der Waals surface area contributed by atoms with Crippen molar-refractivity contribution in [3.05, 3.63) is 89.7 Å². The molecule has 3 aromatic rings. The van der Waals surface area contributed by atoms with E-state index in [-0.39, 0.29) is 22.9 Å². The third-order valence-corrected chi connectivity index (χ3v) is 6.76. The van der Waals surface area contributed by atoms with Crippen LogP contribution >= 0.6 is 0 Å². The lowest BCUT2D eigenvalue weighted by Crippen LogP contribution is -2.48. The second-order valence-corrected chi connectivity index (χ2v) is 9.38. The van der Waals surface area contributed by atoms with Gasteiger partial charge in [0, 0.05) is 6.07 Å². The van der Waals surface area contributed by atoms with Crippen LogP contribution in [0.25, 0.3) is 0 Å². The summed E-state index contributed by atoms with van der Waals surface area (Å²) in [6.07, 6.45) is 0.134. The van der Waals surface area contributed by atoms with Gasteiger partial charge in [0.25, 0.3) is 0 Å². The van der Waals surface area contributed by atoms with Crippen LogP contribution in [0.5, 0.6) is 11.5 Å². The van der Waals surface area contributed by atoms with Gasteiger partial charge in [-0.2, -0.15) is 4.72 Å². The fraction of sp³-hybridized carbons (Fsp3) is 0.240. The van der Waals surface area contributed by atoms with E-state index >= 15 is 0 Å². The van der Waals surface area contributed by atoms with Gasteiger partial charge in [0.1, 0.15) is 11.9 Å². The lowest BCUT2D eigenvalue weighted by Gasteiger charge is -2.22. The van der Waals surface area contributed by atoms with Crippen molar-refractivity contribution in [1.29, 1.82) is 0 Å². The molecule has 0 aliphatic heterocycles. The van der Waals surface area contributed by atoms with Gasteiger partial charge < -0.3 is 14.8 Å². The van der Waals surface area contributed by atoms with Crippen molar-refractivity contribution in [1.82, 2.24) is 10.0 Å². The van der Waals surface area contributed by atoms with E-state index in [1.807, 2.05) is 30.3 Å². The SMILES string of the molecule is COc1ccc(S(=O)(=O)N[C@@H](Cc2ccccc2)C(=O)N[C@@H](C)c2ccc(F)cc2)cc1OC. The van der Waals surface area contributed by atoms with Gasteiger partial charge in [0.15, 0.2) is 11.5 Å². The molecule has 0 bridgehead atoms. The molecule has 3 aromatic carbocycles. The van der Waals surface area contributed by atoms with Gasteiger partial charge >= 0.3 is 0 Å². The number of ether oxygens (including phenoxy) is 2. The van der Waals surface area contributed by atoms with Crippen LogP contribution in [-0.2, 0) is 21.2 Å². The normalized spacial score (nSPS) is 13.1. The van der Waals surface area contributed by atoms with Gasteiger partial charge in [0.2, 0.25) is 15.9 Å². The highest BCUT2D eigenvalue weighted by Gasteiger charge is 2.28. The second kappa shape index (κ2) is 11.1. The number of carbonyl (C=O) groups excluding carboxylic acids is 1. The molecular formula is C25H27FN2O5S. The molecule has 0 unspecified atom stereocenters. The maximum absolute atomic E-state index is 13.3. The zero-order valence-corrected chi connectivity index (χ0v) is 19.9. The van der Waals surface area contributed by atoms with Crippen molar-refractivity contribution in [2.24, 2.45) is 0 Å². The summed E-state index contributed by atoms with van der Waals surface area (Å²) in [7, 11) is -1.23. The highest BCUT2D eigenvalue weighted by Crippen LogP contribution is 2.29. The molecule has 3 rings (SSSR count). The molecular weight excluding hydrogens is 459 g/mol. The van der Waals surface area contributed by atoms with E-state index in [9.17, 15) is 17.6 Å². The van der Waals surface area contributed by atoms with Crippen LogP contribution in [0.3, 0.4) is 0 Å². The molecule has 0 heterocycles. The summed E-state index contributed by atoms with van der Waals surface area (Å²) in [5, 5.41) is 2.82. The largest absolute Gasteiger partial charge is 0.493 e. The molecule has 0 aliphatic carbocycles. The van der Waals surface area contributed by atoms with Crippen LogP contribution in [0.15, 0.2) is 77.7 Å². The van der Waals surface area contributed by atoms with E-state index in [0.717, 1.165) is 5.56 Å². The van der Waals surface area contributed by atoms with Crippen molar-refractivity contribution >= 4 is 15.9 Å². The Hall–Kier alpha value is -3.43. The Morgan fingerprint density at radius 2 is 1.59 bits per heavy atom. The maximum Gasteiger partial charge on any atom is 0.241 e. The molecule has 0 fully saturated rings. The van der Waals surface area contributed by atoms with E-state index in [2.05, 4.69) is 10.0 Å². The number of amides is 1. The molecule has 0 spiro atoms. The first-order valence-electron chi connectivity index (χ1n) is 10.6. The molecule has 180 valence electrons. The van der Waals surface area contributed by atoms with Gasteiger partial charge in [-0.15, -0.1) is 0 Å². The lowest BCUT2D eigenvalue weighted by atomic mass is 10.0. The Morgan fingerprint density at radius 1 is 0.941 bits per heavy atom. The van der Waals surface area contributed by atoms with E-state index in [4.69, 9.17) is 9.47 Å². The Kier molecular flexibility index (Phi) is 8.25. The number of methoxy groups -OCH3 is 2. The first-order valence-corrected chi connectivity index (χ1v) is 12.1. The summed E-state index contributed by atoms with van der Waals surface area (Å²) >= 11 is 0. The third kappa shape index (κ3) is 6.33. The van der Waals surface area contributed by atoms with Crippen LogP contribution < -0.4 is 19.5 Å². The van der Waals surface area contributed by atoms with E-state index in [1.165, 1.54) is 44.6 Å². The molecule has 0 radical (unpaired) electrons. The second-order valence-electron chi connectivity index (χ2n) is 7.66. The average Bonchev–Trinajstić information content (AvgIpc) is 2.84. The summed E-state index contributed by atoms with van der Waals surface area (Å²) in [5.41, 5.74) is 1.48. The molecule has 0 aromatic heterocycles. The number of rotatable bonds is 10. The first-order chi connectivity index (χ1) is 16.2. The van der Waals surface area contributed by atoms with Crippen LogP contribution in [0, 0.1) is 5.82 Å². The number of sulfonamides is 1. The minimum absolute atomic E-state index is 0.0670. The minimum atomic E-state index is -4.08. The smallest absolute Gasteiger partial charge is 0.241 e. The molecule has 7 nitrogen and oxygen atoms in total. The van der Waals surface area contributed by atoms with Crippen LogP contribution in [-0.4, -0.2) is 34.6 Å². The zero-order valence-electron chi connectivity index (χ0n) is 19.1. The van der Waals surface area contributed by atoms with Gasteiger partial charge in [-0.1, -0.05) is 42.5 Å². The monoisotopic (exact) mass is 486 g/mol. The summed E-state index contributed by atoms with van der Waals surface area (Å²) < 4.78 is 52.5. The maximum atomic E-state index is 13.3. The number of nitrogens with one attached hydrogen (secondary N) is 2. The average molecular weight is 487 g/mol. The number of hydrogen-bond acceptors (Lipinski definition) is 5. The third-order valence-electron chi connectivity index (χ3n) is 5.29. The summed E-state index contributed by atoms with van der Waals surface area (Å²) in [4.78, 5) is 13.1. The van der Waals surface area contributed by atoms with Crippen LogP contribution in [0.1, 0.15) is 24.1 Å². The first kappa shape index (κ1) is 25.2. The minimum Gasteiger partial charge on any atom is -0.493 e. The fourth-order valence-corrected chi connectivity index (χ4v) is 4.64. The van der Waals surface area contributed by atoms with Crippen molar-refractivity contribution in [2.75, 3.05) is 14.2 Å². The van der Waals surface area contributed by atoms with Crippen LogP contribution in [0.2, 0.25) is 0 Å². The van der Waals surface area contributed by atoms with Gasteiger partial charge in [-0.25, -0.2) is 12.8 Å². The number of benzene rings is 3. The zero-order chi connectivity index (χ0) is 24.7. The molecule has 34 heavy (non-hydrogen) atoms. The van der Waals surface area contributed by atoms with Gasteiger partial charge in [-0.3, -0.25) is 4.79 Å². The predicted molar refractivity (Wildman–Crippen MR) is 127 cm³/mol. The van der Waals surface area contributed by atoms with Crippen molar-refractivity contribution in [3.8, 4) is 11.5 Å². The van der Waals surface area contributed by atoms with Crippen molar-refractivity contribution in [3.63, 3.8) is 0 Å². The summed E-state index contributed by atoms with van der Waals surface area (Å²) in [6, 6.07) is 17.5. The molecule has 0 saturated carbocycles. The number of carbonyl (C=O) groups is 1. The Bertz CT molecular complexity index is 1220. The number of hydrogen-bond donors (Lipinski definition) is 2. The Morgan fingerprint density at radius 3 is 2.21 bits per heavy atom. The summed E-state index contributed by atoms with van der Waals surface area (Å²) in [6.45, 7) is 1.74. The Balaban J connectivity index is 1.86. The molecule has 0 aliphatic rings. The highest BCUT2D eigenvalue weighted by atomic mass is 32.2. The molecule has 2 N–H and O–H groups in total. The van der Waals surface area contributed by atoms with E-state index < -0.39 is 28.0 Å². The molecule has 1 amide bonds. The quantitative estimate of drug-likeness (QED) is 0.457. The number of halogens is 1. The van der Waals surface area contributed by atoms with E-state index in [0.29, 0.717) is 11.3 Å². The molecule has 9 heteroatoms. The summed E-state index contributed by atoms with van der Waals surface area (Å²) in [5.74, 6) is -0.260. The fourth-order valence-electron chi connectivity index (χ4n) is 3.43. The molecule has 2 atom stereocenters. The van der Waals surface area contributed by atoms with Crippen LogP contribution in [0.4, 0.5) is 4.39 Å². The van der Waals surface area contributed by atoms with Crippen molar-refractivity contribution < 1.29 is 27.1 Å². The Labute approximate surface area is 199 Å². The topological polar surface area (TPSA) is 93.7 Å². The van der Waals surface area contributed by atoms with Gasteiger partial charge in [-0.05, 0) is 48.7 Å². The van der Waals surface area contributed by atoms with Gasteiger partial charge in [0.05, 0.1) is 25.2 Å². The highest BCUT2D eigenvalue weighted by molar-refractivity contribution is 7.89. The molecule has 0 saturated heterocycles. The lowest BCUT2D eigenvalue weighted by molar-refractivity contribution is -0.123. The predicted octanol–water partition coefficient (Wildman–Crippen LogP) is 3.61. The standard InChI is InChI=1S/C25H27FN2O5S/c1-17(19-9-11-20(26)12-10-19)27-25(29)22(15-18-7-5-4-6-8-18)28-34(30,31)21-13-14-23(32-2)24(16-21)33-3/h4-14,16-17,22,28H,15H2,1-3H3,(H,27,29)/t17-,22-/m0/s1. The van der Waals surface area contributed by atoms with E-state index in [1.54, 1.807) is 19.1 Å².